The molecule has 1 aliphatic heterocycles. The first-order valence-electron chi connectivity index (χ1n) is 9.53. The molecule has 3 N–H and O–H groups in total. The van der Waals surface area contributed by atoms with Gasteiger partial charge in [0.05, 0.1) is 0 Å². The van der Waals surface area contributed by atoms with Gasteiger partial charge in [0.1, 0.15) is 23.5 Å². The van der Waals surface area contributed by atoms with Gasteiger partial charge in [-0.25, -0.2) is 4.79 Å². The second kappa shape index (κ2) is 8.51. The van der Waals surface area contributed by atoms with E-state index >= 15 is 0 Å². The molecule has 1 aromatic heterocycles. The molecule has 6 nitrogen and oxygen atoms in total. The van der Waals surface area contributed by atoms with Crippen LogP contribution >= 0.6 is 27.5 Å². The number of carbonyl (C=O) groups excluding carboxylic acids is 2. The third-order valence-corrected chi connectivity index (χ3v) is 6.02. The summed E-state index contributed by atoms with van der Waals surface area (Å²) in [6.45, 7) is 0. The van der Waals surface area contributed by atoms with Crippen LogP contribution in [-0.2, 0) is 0 Å². The maximum Gasteiger partial charge on any atom is 0.437 e. The first kappa shape index (κ1) is 23.3. The Bertz CT molecular complexity index is 1210. The van der Waals surface area contributed by atoms with E-state index in [4.69, 9.17) is 16.0 Å². The van der Waals surface area contributed by atoms with Crippen LogP contribution in [0.15, 0.2) is 69.6 Å². The average Bonchev–Trinajstić information content (AvgIpc) is 3.23. The van der Waals surface area contributed by atoms with Crippen LogP contribution in [0.4, 0.5) is 18.0 Å². The molecule has 11 heteroatoms. The topological polar surface area (TPSA) is 91.6 Å². The monoisotopic (exact) mass is 542 g/mol. The summed E-state index contributed by atoms with van der Waals surface area (Å²) < 4.78 is 48.3. The highest BCUT2D eigenvalue weighted by Gasteiger charge is 2.66. The Morgan fingerprint density at radius 3 is 2.45 bits per heavy atom. The molecule has 2 heterocycles. The molecule has 0 radical (unpaired) electrons. The zero-order valence-electron chi connectivity index (χ0n) is 16.5. The van der Waals surface area contributed by atoms with Gasteiger partial charge >= 0.3 is 12.2 Å². The van der Waals surface area contributed by atoms with Crippen LogP contribution in [0.5, 0.6) is 0 Å². The number of amides is 2. The summed E-state index contributed by atoms with van der Waals surface area (Å²) in [4.78, 5) is 25.4. The zero-order chi connectivity index (χ0) is 24.0. The van der Waals surface area contributed by atoms with E-state index in [1.165, 1.54) is 41.7 Å². The van der Waals surface area contributed by atoms with Crippen LogP contribution in [0.3, 0.4) is 0 Å². The predicted octanol–water partition coefficient (Wildman–Crippen LogP) is 5.47. The number of halogens is 5. The van der Waals surface area contributed by atoms with E-state index in [-0.39, 0.29) is 17.1 Å². The summed E-state index contributed by atoms with van der Waals surface area (Å²) in [5.74, 6) is -3.11. The van der Waals surface area contributed by atoms with Crippen molar-refractivity contribution in [1.29, 1.82) is 0 Å². The lowest BCUT2D eigenvalue weighted by atomic mass is 9.79. The number of furan rings is 1. The summed E-state index contributed by atoms with van der Waals surface area (Å²) in [5, 5.41) is 14.8. The Kier molecular flexibility index (Phi) is 6.02. The molecular formula is C22H15BrClF3N2O4. The molecule has 4 rings (SSSR count). The average molecular weight is 544 g/mol. The van der Waals surface area contributed by atoms with Crippen molar-refractivity contribution in [3.8, 4) is 11.3 Å². The second-order valence-corrected chi connectivity index (χ2v) is 8.75. The number of Topliss-reactive ketones (excluding diaryl/α,β-unsaturated/α-hetero) is 1. The summed E-state index contributed by atoms with van der Waals surface area (Å²) in [7, 11) is 0. The first-order valence-corrected chi connectivity index (χ1v) is 10.7. The Hall–Kier alpha value is -2.82. The van der Waals surface area contributed by atoms with Crippen molar-refractivity contribution in [3.63, 3.8) is 0 Å². The standard InChI is InChI=1S/C22H15BrClF3N2O4/c23-13-6-4-11(5-7-13)19(30)17-18(28-20(31)29-21(17,32)22(25,26)27)16-9-8-15(33-16)12-2-1-3-14(24)10-12/h1-10,17-18,32H,(H2,28,29,31)/t17-,18+,21-/m0/s1. The highest BCUT2D eigenvalue weighted by atomic mass is 79.9. The number of alkyl halides is 3. The summed E-state index contributed by atoms with van der Waals surface area (Å²) in [6.07, 6.45) is -5.36. The second-order valence-electron chi connectivity index (χ2n) is 7.40. The molecule has 0 unspecified atom stereocenters. The van der Waals surface area contributed by atoms with Gasteiger partial charge in [-0.3, -0.25) is 4.79 Å². The fourth-order valence-corrected chi connectivity index (χ4v) is 4.14. The maximum absolute atomic E-state index is 14.0. The van der Waals surface area contributed by atoms with Crippen molar-refractivity contribution in [2.45, 2.75) is 17.9 Å². The van der Waals surface area contributed by atoms with Gasteiger partial charge in [-0.05, 0) is 36.4 Å². The Balaban J connectivity index is 1.81. The quantitative estimate of drug-likeness (QED) is 0.381. The van der Waals surface area contributed by atoms with Crippen LogP contribution in [-0.4, -0.2) is 28.8 Å². The largest absolute Gasteiger partial charge is 0.459 e. The Morgan fingerprint density at radius 2 is 1.82 bits per heavy atom. The first-order chi connectivity index (χ1) is 15.5. The van der Waals surface area contributed by atoms with Crippen molar-refractivity contribution < 1.29 is 32.3 Å². The van der Waals surface area contributed by atoms with E-state index in [2.05, 4.69) is 21.2 Å². The molecule has 2 aromatic carbocycles. The van der Waals surface area contributed by atoms with Crippen LogP contribution in [0.1, 0.15) is 22.2 Å². The van der Waals surface area contributed by atoms with Crippen molar-refractivity contribution in [2.75, 3.05) is 0 Å². The van der Waals surface area contributed by atoms with Crippen LogP contribution in [0.2, 0.25) is 5.02 Å². The van der Waals surface area contributed by atoms with Crippen molar-refractivity contribution in [3.05, 3.63) is 81.5 Å². The van der Waals surface area contributed by atoms with E-state index in [0.29, 0.717) is 15.1 Å². The van der Waals surface area contributed by atoms with Crippen LogP contribution < -0.4 is 10.6 Å². The third kappa shape index (κ3) is 4.38. The molecule has 1 saturated heterocycles. The van der Waals surface area contributed by atoms with Gasteiger partial charge in [0.2, 0.25) is 5.72 Å². The third-order valence-electron chi connectivity index (χ3n) is 5.26. The molecule has 0 spiro atoms. The molecule has 0 bridgehead atoms. The number of nitrogens with one attached hydrogen (secondary N) is 2. The Morgan fingerprint density at radius 1 is 1.12 bits per heavy atom. The minimum atomic E-state index is -5.36. The molecule has 33 heavy (non-hydrogen) atoms. The molecule has 2 amide bonds. The van der Waals surface area contributed by atoms with Gasteiger partial charge in [-0.1, -0.05) is 51.8 Å². The molecule has 0 saturated carbocycles. The minimum Gasteiger partial charge on any atom is -0.459 e. The van der Waals surface area contributed by atoms with Crippen LogP contribution in [0, 0.1) is 5.92 Å². The number of hydrogen-bond donors (Lipinski definition) is 3. The smallest absolute Gasteiger partial charge is 0.437 e. The molecule has 0 aliphatic carbocycles. The highest BCUT2D eigenvalue weighted by molar-refractivity contribution is 9.10. The normalized spacial score (nSPS) is 23.0. The minimum absolute atomic E-state index is 0.0876. The van der Waals surface area contributed by atoms with E-state index in [9.17, 15) is 27.9 Å². The van der Waals surface area contributed by atoms with Crippen molar-refractivity contribution >= 4 is 39.3 Å². The lowest BCUT2D eigenvalue weighted by molar-refractivity contribution is -0.288. The van der Waals surface area contributed by atoms with Gasteiger partial charge < -0.3 is 20.2 Å². The molecule has 3 atom stereocenters. The zero-order valence-corrected chi connectivity index (χ0v) is 18.8. The molecule has 1 fully saturated rings. The number of ketones is 1. The number of benzene rings is 2. The van der Waals surface area contributed by atoms with Crippen molar-refractivity contribution in [1.82, 2.24) is 10.6 Å². The Labute approximate surface area is 198 Å². The van der Waals surface area contributed by atoms with Gasteiger partial charge in [0.25, 0.3) is 0 Å². The number of carbonyl (C=O) groups is 2. The highest BCUT2D eigenvalue weighted by Crippen LogP contribution is 2.44. The fraction of sp³-hybridized carbons (Fsp3) is 0.182. The molecular weight excluding hydrogens is 529 g/mol. The molecule has 1 aliphatic rings. The van der Waals surface area contributed by atoms with E-state index in [1.54, 1.807) is 24.3 Å². The number of urea groups is 1. The SMILES string of the molecule is O=C1N[C@H](c2ccc(-c3cccc(Cl)c3)o2)[C@@H](C(=O)c2ccc(Br)cc2)[C@](O)(C(F)(F)F)N1. The summed E-state index contributed by atoms with van der Waals surface area (Å²) in [6, 6.07) is 12.0. The van der Waals surface area contributed by atoms with Crippen LogP contribution in [0.25, 0.3) is 11.3 Å². The molecule has 3 aromatic rings. The maximum atomic E-state index is 14.0. The van der Waals surface area contributed by atoms with Gasteiger partial charge in [0, 0.05) is 20.6 Å². The number of rotatable bonds is 4. The van der Waals surface area contributed by atoms with Gasteiger partial charge in [0.15, 0.2) is 5.78 Å². The lowest BCUT2D eigenvalue weighted by Crippen LogP contribution is -2.72. The summed E-state index contributed by atoms with van der Waals surface area (Å²) in [5.41, 5.74) is -3.39. The molecule has 172 valence electrons. The van der Waals surface area contributed by atoms with E-state index in [1.807, 2.05) is 0 Å². The number of hydrogen-bond acceptors (Lipinski definition) is 4. The van der Waals surface area contributed by atoms with E-state index in [0.717, 1.165) is 0 Å². The van der Waals surface area contributed by atoms with Gasteiger partial charge in [-0.2, -0.15) is 13.2 Å². The summed E-state index contributed by atoms with van der Waals surface area (Å²) >= 11 is 9.18. The lowest BCUT2D eigenvalue weighted by Gasteiger charge is -2.44. The van der Waals surface area contributed by atoms with E-state index < -0.39 is 35.7 Å². The predicted molar refractivity (Wildman–Crippen MR) is 117 cm³/mol. The number of aliphatic hydroxyl groups is 1. The van der Waals surface area contributed by atoms with Crippen molar-refractivity contribution in [2.24, 2.45) is 5.92 Å². The fourth-order valence-electron chi connectivity index (χ4n) is 3.69. The van der Waals surface area contributed by atoms with Gasteiger partial charge in [-0.15, -0.1) is 0 Å².